The van der Waals surface area contributed by atoms with E-state index in [1.807, 2.05) is 29.7 Å². The summed E-state index contributed by atoms with van der Waals surface area (Å²) >= 11 is 1.92. The lowest BCUT2D eigenvalue weighted by atomic mass is 10.2. The van der Waals surface area contributed by atoms with Crippen LogP contribution in [0.5, 0.6) is 0 Å². The highest BCUT2D eigenvalue weighted by molar-refractivity contribution is 7.99. The van der Waals surface area contributed by atoms with Crippen LogP contribution in [0.15, 0.2) is 18.5 Å². The first kappa shape index (κ1) is 13.2. The van der Waals surface area contributed by atoms with Crippen molar-refractivity contribution in [2.75, 3.05) is 30.7 Å². The van der Waals surface area contributed by atoms with Crippen molar-refractivity contribution < 1.29 is 4.79 Å². The quantitative estimate of drug-likeness (QED) is 0.909. The Labute approximate surface area is 112 Å². The van der Waals surface area contributed by atoms with Crippen LogP contribution >= 0.6 is 11.8 Å². The molecular weight excluding hydrogens is 246 g/mol. The van der Waals surface area contributed by atoms with Crippen molar-refractivity contribution in [1.82, 2.24) is 9.88 Å². The molecule has 0 radical (unpaired) electrons. The molecule has 1 unspecified atom stereocenters. The number of hydrogen-bond acceptors (Lipinski definition) is 4. The first-order valence-corrected chi connectivity index (χ1v) is 7.36. The number of hydrogen-bond donors (Lipinski definition) is 1. The lowest BCUT2D eigenvalue weighted by Crippen LogP contribution is -2.41. The normalized spacial score (nSPS) is 19.7. The van der Waals surface area contributed by atoms with Gasteiger partial charge in [0.05, 0.1) is 11.3 Å². The van der Waals surface area contributed by atoms with E-state index >= 15 is 0 Å². The number of pyridine rings is 1. The minimum absolute atomic E-state index is 0.0891. The summed E-state index contributed by atoms with van der Waals surface area (Å²) < 4.78 is 0. The van der Waals surface area contributed by atoms with E-state index in [1.54, 1.807) is 12.4 Å². The van der Waals surface area contributed by atoms with E-state index in [-0.39, 0.29) is 5.91 Å². The Balaban J connectivity index is 2.17. The zero-order valence-corrected chi connectivity index (χ0v) is 11.7. The molecule has 2 heterocycles. The summed E-state index contributed by atoms with van der Waals surface area (Å²) in [7, 11) is 0. The van der Waals surface area contributed by atoms with Gasteiger partial charge in [-0.15, -0.1) is 0 Å². The zero-order chi connectivity index (χ0) is 13.0. The van der Waals surface area contributed by atoms with Crippen LogP contribution in [-0.2, 0) is 0 Å². The van der Waals surface area contributed by atoms with E-state index < -0.39 is 0 Å². The third-order valence-corrected chi connectivity index (χ3v) is 4.08. The van der Waals surface area contributed by atoms with Crippen LogP contribution in [-0.4, -0.2) is 46.4 Å². The van der Waals surface area contributed by atoms with E-state index in [1.165, 1.54) is 0 Å². The molecular formula is C13H19N3OS. The fourth-order valence-electron chi connectivity index (χ4n) is 2.08. The lowest BCUT2D eigenvalue weighted by molar-refractivity contribution is 0.0763. The van der Waals surface area contributed by atoms with Crippen LogP contribution in [0, 0.1) is 0 Å². The van der Waals surface area contributed by atoms with Crippen molar-refractivity contribution in [3.8, 4) is 0 Å². The SMILES string of the molecule is CCNc1ccncc1C(=O)N1CCSC(C)C1. The number of anilines is 1. The molecule has 0 spiro atoms. The van der Waals surface area contributed by atoms with Crippen molar-refractivity contribution in [3.05, 3.63) is 24.0 Å². The van der Waals surface area contributed by atoms with Crippen LogP contribution in [0.2, 0.25) is 0 Å². The Bertz CT molecular complexity index is 424. The van der Waals surface area contributed by atoms with E-state index in [2.05, 4.69) is 17.2 Å². The second-order valence-corrected chi connectivity index (χ2v) is 5.93. The van der Waals surface area contributed by atoms with E-state index in [4.69, 9.17) is 0 Å². The Morgan fingerprint density at radius 3 is 3.22 bits per heavy atom. The van der Waals surface area contributed by atoms with Crippen molar-refractivity contribution in [2.45, 2.75) is 19.1 Å². The minimum Gasteiger partial charge on any atom is -0.385 e. The van der Waals surface area contributed by atoms with Crippen LogP contribution in [0.25, 0.3) is 0 Å². The first-order chi connectivity index (χ1) is 8.72. The molecule has 1 amide bonds. The Hall–Kier alpha value is -1.23. The number of rotatable bonds is 3. The second-order valence-electron chi connectivity index (χ2n) is 4.38. The van der Waals surface area contributed by atoms with Gasteiger partial charge in [-0.1, -0.05) is 6.92 Å². The number of nitrogens with one attached hydrogen (secondary N) is 1. The summed E-state index contributed by atoms with van der Waals surface area (Å²) in [5.41, 5.74) is 1.56. The molecule has 0 aliphatic carbocycles. The van der Waals surface area contributed by atoms with Gasteiger partial charge in [0.2, 0.25) is 0 Å². The van der Waals surface area contributed by atoms with Gasteiger partial charge < -0.3 is 10.2 Å². The van der Waals surface area contributed by atoms with Gasteiger partial charge in [0, 0.05) is 43.0 Å². The Kier molecular flexibility index (Phi) is 4.47. The molecule has 1 atom stereocenters. The van der Waals surface area contributed by atoms with Gasteiger partial charge in [-0.05, 0) is 13.0 Å². The number of amides is 1. The molecule has 1 aliphatic rings. The molecule has 0 bridgehead atoms. The summed E-state index contributed by atoms with van der Waals surface area (Å²) in [6, 6.07) is 1.86. The number of thioether (sulfide) groups is 1. The van der Waals surface area contributed by atoms with Gasteiger partial charge in [0.25, 0.3) is 5.91 Å². The molecule has 18 heavy (non-hydrogen) atoms. The van der Waals surface area contributed by atoms with Crippen molar-refractivity contribution >= 4 is 23.4 Å². The third-order valence-electron chi connectivity index (χ3n) is 2.95. The number of nitrogens with zero attached hydrogens (tertiary/aromatic N) is 2. The first-order valence-electron chi connectivity index (χ1n) is 6.31. The highest BCUT2D eigenvalue weighted by Crippen LogP contribution is 2.22. The molecule has 1 aromatic rings. The predicted molar refractivity (Wildman–Crippen MR) is 76.2 cm³/mol. The number of carbonyl (C=O) groups is 1. The van der Waals surface area contributed by atoms with Crippen LogP contribution in [0.4, 0.5) is 5.69 Å². The average Bonchev–Trinajstić information content (AvgIpc) is 2.39. The van der Waals surface area contributed by atoms with Gasteiger partial charge in [-0.25, -0.2) is 0 Å². The van der Waals surface area contributed by atoms with Crippen LogP contribution in [0.3, 0.4) is 0 Å². The molecule has 98 valence electrons. The van der Waals surface area contributed by atoms with Crippen LogP contribution < -0.4 is 5.32 Å². The Morgan fingerprint density at radius 1 is 1.67 bits per heavy atom. The zero-order valence-electron chi connectivity index (χ0n) is 10.8. The molecule has 2 rings (SSSR count). The molecule has 1 aliphatic heterocycles. The number of aromatic nitrogens is 1. The maximum atomic E-state index is 12.5. The minimum atomic E-state index is 0.0891. The molecule has 1 N–H and O–H groups in total. The maximum Gasteiger partial charge on any atom is 0.257 e. The van der Waals surface area contributed by atoms with Gasteiger partial charge in [0.1, 0.15) is 0 Å². The topological polar surface area (TPSA) is 45.2 Å². The maximum absolute atomic E-state index is 12.5. The predicted octanol–water partition coefficient (Wildman–Crippen LogP) is 2.09. The fourth-order valence-corrected chi connectivity index (χ4v) is 3.10. The molecule has 0 aromatic carbocycles. The molecule has 1 fully saturated rings. The lowest BCUT2D eigenvalue weighted by Gasteiger charge is -2.31. The standard InChI is InChI=1S/C13H19N3OS/c1-3-15-12-4-5-14-8-11(12)13(17)16-6-7-18-10(2)9-16/h4-5,8,10H,3,6-7,9H2,1-2H3,(H,14,15). The van der Waals surface area contributed by atoms with Gasteiger partial charge >= 0.3 is 0 Å². The largest absolute Gasteiger partial charge is 0.385 e. The van der Waals surface area contributed by atoms with E-state index in [9.17, 15) is 4.79 Å². The van der Waals surface area contributed by atoms with Crippen molar-refractivity contribution in [3.63, 3.8) is 0 Å². The van der Waals surface area contributed by atoms with Crippen molar-refractivity contribution in [1.29, 1.82) is 0 Å². The summed E-state index contributed by atoms with van der Waals surface area (Å²) in [4.78, 5) is 18.5. The second kappa shape index (κ2) is 6.09. The van der Waals surface area contributed by atoms with Crippen LogP contribution in [0.1, 0.15) is 24.2 Å². The summed E-state index contributed by atoms with van der Waals surface area (Å²) in [5.74, 6) is 1.11. The molecule has 5 heteroatoms. The molecule has 1 aromatic heterocycles. The smallest absolute Gasteiger partial charge is 0.257 e. The summed E-state index contributed by atoms with van der Waals surface area (Å²) in [5, 5.41) is 3.73. The Morgan fingerprint density at radius 2 is 2.50 bits per heavy atom. The highest BCUT2D eigenvalue weighted by Gasteiger charge is 2.24. The van der Waals surface area contributed by atoms with Gasteiger partial charge in [-0.2, -0.15) is 11.8 Å². The molecule has 4 nitrogen and oxygen atoms in total. The summed E-state index contributed by atoms with van der Waals surface area (Å²) in [6.45, 7) is 6.64. The molecule has 1 saturated heterocycles. The van der Waals surface area contributed by atoms with E-state index in [0.717, 1.165) is 31.1 Å². The van der Waals surface area contributed by atoms with Gasteiger partial charge in [0.15, 0.2) is 0 Å². The van der Waals surface area contributed by atoms with E-state index in [0.29, 0.717) is 10.8 Å². The fraction of sp³-hybridized carbons (Fsp3) is 0.538. The average molecular weight is 265 g/mol. The molecule has 0 saturated carbocycles. The highest BCUT2D eigenvalue weighted by atomic mass is 32.2. The number of carbonyl (C=O) groups excluding carboxylic acids is 1. The van der Waals surface area contributed by atoms with Gasteiger partial charge in [-0.3, -0.25) is 9.78 Å². The monoisotopic (exact) mass is 265 g/mol. The van der Waals surface area contributed by atoms with Crippen molar-refractivity contribution in [2.24, 2.45) is 0 Å². The summed E-state index contributed by atoms with van der Waals surface area (Å²) in [6.07, 6.45) is 3.37. The third kappa shape index (κ3) is 2.96.